The average molecular weight is 1340 g/mol. The van der Waals surface area contributed by atoms with Crippen LogP contribution >= 0.6 is 0 Å². The van der Waals surface area contributed by atoms with E-state index < -0.39 is 5.41 Å². The standard InChI is InChI=1S/C98H100N2O2/c1-62-87(75-34-26-28-36-85(75)101)83(99(73-52-46-67(47-53-73)94(8,9)10)81-56-50-71(96(14,15)16)58-77(81)63-38-42-65(43-39-63)92(2,3)4)60-79-88(62)90-80(98(79,69-30-22-20-23-31-69)70-32-24-21-25-33-70)61-84(91-89(90)76-35-27-29-37-86(76)102-91)100(74-54-48-68(49-55-74)95(11,12)13)82-57-51-72(97(17,18)19)59-78(82)64-40-44-66(45-41-64)93(5,6)7/h20-61,101H,1-19H3. The van der Waals surface area contributed by atoms with Gasteiger partial charge >= 0.3 is 0 Å². The van der Waals surface area contributed by atoms with Crippen molar-refractivity contribution in [2.24, 2.45) is 0 Å². The molecule has 14 rings (SSSR count). The zero-order valence-electron chi connectivity index (χ0n) is 63.5. The van der Waals surface area contributed by atoms with Gasteiger partial charge in [0.05, 0.1) is 28.2 Å². The fourth-order valence-corrected chi connectivity index (χ4v) is 15.7. The zero-order valence-corrected chi connectivity index (χ0v) is 63.5. The Balaban J connectivity index is 1.18. The number of benzene rings is 12. The summed E-state index contributed by atoms with van der Waals surface area (Å²) in [6, 6.07) is 95.5. The van der Waals surface area contributed by atoms with E-state index in [-0.39, 0.29) is 38.2 Å². The second-order valence-electron chi connectivity index (χ2n) is 34.8. The van der Waals surface area contributed by atoms with Crippen LogP contribution in [0, 0.1) is 6.92 Å². The summed E-state index contributed by atoms with van der Waals surface area (Å²) in [4.78, 5) is 5.02. The van der Waals surface area contributed by atoms with Crippen molar-refractivity contribution >= 4 is 56.1 Å². The number of aromatic hydroxyl groups is 1. The van der Waals surface area contributed by atoms with E-state index in [1.165, 1.54) is 33.4 Å². The Morgan fingerprint density at radius 2 is 0.676 bits per heavy atom. The number of hydrogen-bond donors (Lipinski definition) is 1. The van der Waals surface area contributed by atoms with Crippen molar-refractivity contribution in [3.63, 3.8) is 0 Å². The summed E-state index contributed by atoms with van der Waals surface area (Å²) in [5.41, 5.74) is 27.3. The summed E-state index contributed by atoms with van der Waals surface area (Å²) in [6.07, 6.45) is 0. The van der Waals surface area contributed by atoms with Gasteiger partial charge in [0.1, 0.15) is 11.3 Å². The quantitative estimate of drug-likeness (QED) is 0.140. The van der Waals surface area contributed by atoms with Crippen LogP contribution in [-0.2, 0) is 37.9 Å². The topological polar surface area (TPSA) is 39.9 Å². The second-order valence-corrected chi connectivity index (χ2v) is 34.8. The van der Waals surface area contributed by atoms with E-state index >= 15 is 0 Å². The molecular weight excluding hydrogens is 1240 g/mol. The molecule has 1 aromatic heterocycles. The third-order valence-electron chi connectivity index (χ3n) is 21.6. The highest BCUT2D eigenvalue weighted by Gasteiger charge is 2.50. The number of nitrogens with zero attached hydrogens (tertiary/aromatic N) is 2. The predicted molar refractivity (Wildman–Crippen MR) is 435 cm³/mol. The van der Waals surface area contributed by atoms with Gasteiger partial charge in [-0.05, 0) is 196 Å². The van der Waals surface area contributed by atoms with Gasteiger partial charge in [0, 0.05) is 44.4 Å². The fraction of sp³-hybridized carbons (Fsp3) is 0.265. The molecule has 12 aromatic carbocycles. The first-order valence-electron chi connectivity index (χ1n) is 36.6. The predicted octanol–water partition coefficient (Wildman–Crippen LogP) is 27.7. The SMILES string of the molecule is Cc1c(-c2ccccc2O)c(N(c2ccc(C(C)(C)C)cc2)c2ccc(C(C)(C)C)cc2-c2ccc(C(C)(C)C)cc2)cc2c1-c1c(cc(N(c3ccc(C(C)(C)C)cc3)c3ccc(C(C)(C)C)cc3-c3ccc(C(C)(C)C)cc3)c3oc4ccccc4c13)C2(c1ccccc1)c1ccccc1. The molecule has 0 fully saturated rings. The van der Waals surface area contributed by atoms with Gasteiger partial charge in [-0.15, -0.1) is 0 Å². The molecule has 0 aliphatic heterocycles. The lowest BCUT2D eigenvalue weighted by molar-refractivity contribution is 0.477. The lowest BCUT2D eigenvalue weighted by Crippen LogP contribution is -2.29. The summed E-state index contributed by atoms with van der Waals surface area (Å²) in [6.45, 7) is 43.6. The van der Waals surface area contributed by atoms with E-state index in [1.807, 2.05) is 12.1 Å². The smallest absolute Gasteiger partial charge is 0.160 e. The minimum absolute atomic E-state index is 0.0364. The summed E-state index contributed by atoms with van der Waals surface area (Å²) < 4.78 is 7.69. The average Bonchev–Trinajstić information content (AvgIpc) is 1.50. The Kier molecular flexibility index (Phi) is 17.0. The number of furan rings is 1. The molecule has 514 valence electrons. The van der Waals surface area contributed by atoms with Gasteiger partial charge < -0.3 is 19.3 Å². The first kappa shape index (κ1) is 68.9. The highest BCUT2D eigenvalue weighted by Crippen LogP contribution is 2.65. The molecule has 1 N–H and O–H groups in total. The first-order chi connectivity index (χ1) is 48.2. The van der Waals surface area contributed by atoms with Crippen molar-refractivity contribution in [2.75, 3.05) is 9.80 Å². The maximum Gasteiger partial charge on any atom is 0.160 e. The van der Waals surface area contributed by atoms with Crippen LogP contribution in [-0.4, -0.2) is 5.11 Å². The van der Waals surface area contributed by atoms with Crippen molar-refractivity contribution in [1.82, 2.24) is 0 Å². The Hall–Kier alpha value is -10.2. The van der Waals surface area contributed by atoms with Crippen molar-refractivity contribution in [3.05, 3.63) is 316 Å². The van der Waals surface area contributed by atoms with E-state index in [4.69, 9.17) is 4.42 Å². The van der Waals surface area contributed by atoms with Crippen molar-refractivity contribution < 1.29 is 9.52 Å². The molecule has 13 aromatic rings. The van der Waals surface area contributed by atoms with Crippen LogP contribution in [0.2, 0.25) is 0 Å². The number of phenolic OH excluding ortho intramolecular Hbond substituents is 1. The van der Waals surface area contributed by atoms with Gasteiger partial charge in [-0.3, -0.25) is 0 Å². The normalized spacial score (nSPS) is 13.4. The van der Waals surface area contributed by atoms with Gasteiger partial charge in [0.15, 0.2) is 5.58 Å². The van der Waals surface area contributed by atoms with Gasteiger partial charge in [0.25, 0.3) is 0 Å². The van der Waals surface area contributed by atoms with Crippen LogP contribution in [0.5, 0.6) is 5.75 Å². The van der Waals surface area contributed by atoms with Crippen LogP contribution in [0.1, 0.15) is 186 Å². The van der Waals surface area contributed by atoms with Crippen molar-refractivity contribution in [3.8, 4) is 50.3 Å². The van der Waals surface area contributed by atoms with Crippen LogP contribution in [0.15, 0.2) is 259 Å². The molecule has 0 saturated heterocycles. The lowest BCUT2D eigenvalue weighted by Gasteiger charge is -2.37. The number of fused-ring (bicyclic) bond motifs is 7. The van der Waals surface area contributed by atoms with E-state index in [2.05, 4.69) is 384 Å². The largest absolute Gasteiger partial charge is 0.507 e. The maximum atomic E-state index is 12.8. The van der Waals surface area contributed by atoms with Gasteiger partial charge in [-0.1, -0.05) is 307 Å². The third kappa shape index (κ3) is 12.1. The number of anilines is 6. The Morgan fingerprint density at radius 3 is 1.11 bits per heavy atom. The summed E-state index contributed by atoms with van der Waals surface area (Å²) in [5.74, 6) is 0.199. The molecule has 0 radical (unpaired) electrons. The second kappa shape index (κ2) is 25.1. The first-order valence-corrected chi connectivity index (χ1v) is 36.6. The van der Waals surface area contributed by atoms with Crippen LogP contribution in [0.4, 0.5) is 34.1 Å². The molecule has 0 bridgehead atoms. The van der Waals surface area contributed by atoms with E-state index in [9.17, 15) is 5.11 Å². The molecule has 4 heteroatoms. The molecule has 0 atom stereocenters. The monoisotopic (exact) mass is 1340 g/mol. The summed E-state index contributed by atoms with van der Waals surface area (Å²) in [7, 11) is 0. The van der Waals surface area contributed by atoms with E-state index in [1.54, 1.807) is 0 Å². The summed E-state index contributed by atoms with van der Waals surface area (Å²) >= 11 is 0. The Bertz CT molecular complexity index is 5260. The molecule has 1 aliphatic rings. The minimum atomic E-state index is -0.988. The molecule has 102 heavy (non-hydrogen) atoms. The zero-order chi connectivity index (χ0) is 72.4. The van der Waals surface area contributed by atoms with E-state index in [0.717, 1.165) is 128 Å². The highest BCUT2D eigenvalue weighted by molar-refractivity contribution is 6.21. The molecule has 0 unspecified atom stereocenters. The van der Waals surface area contributed by atoms with Gasteiger partial charge in [-0.2, -0.15) is 0 Å². The van der Waals surface area contributed by atoms with Gasteiger partial charge in [0.2, 0.25) is 0 Å². The summed E-state index contributed by atoms with van der Waals surface area (Å²) in [5, 5.41) is 14.9. The molecular formula is C98H100N2O2. The van der Waals surface area contributed by atoms with E-state index in [0.29, 0.717) is 0 Å². The van der Waals surface area contributed by atoms with Crippen LogP contribution < -0.4 is 9.80 Å². The maximum absolute atomic E-state index is 12.8. The van der Waals surface area contributed by atoms with Crippen molar-refractivity contribution in [1.29, 1.82) is 0 Å². The lowest BCUT2D eigenvalue weighted by atomic mass is 9.67. The third-order valence-corrected chi connectivity index (χ3v) is 21.6. The number of rotatable bonds is 11. The molecule has 0 saturated carbocycles. The Morgan fingerprint density at radius 1 is 0.314 bits per heavy atom. The number of phenols is 1. The van der Waals surface area contributed by atoms with Gasteiger partial charge in [-0.25, -0.2) is 0 Å². The minimum Gasteiger partial charge on any atom is -0.507 e. The molecule has 0 amide bonds. The van der Waals surface area contributed by atoms with Crippen LogP contribution in [0.3, 0.4) is 0 Å². The van der Waals surface area contributed by atoms with Crippen molar-refractivity contribution in [2.45, 2.75) is 169 Å². The number of para-hydroxylation sites is 2. The molecule has 4 nitrogen and oxygen atoms in total. The number of hydrogen-bond acceptors (Lipinski definition) is 4. The fourth-order valence-electron chi connectivity index (χ4n) is 15.7. The Labute approximate surface area is 607 Å². The molecule has 0 spiro atoms. The molecule has 1 heterocycles. The van der Waals surface area contributed by atoms with Crippen LogP contribution in [0.25, 0.3) is 66.4 Å². The highest BCUT2D eigenvalue weighted by atomic mass is 16.3. The molecule has 1 aliphatic carbocycles.